The van der Waals surface area contributed by atoms with Crippen LogP contribution in [0.1, 0.15) is 11.1 Å². The Labute approximate surface area is 142 Å². The molecule has 2 aromatic carbocycles. The number of hydrogen-bond donors (Lipinski definition) is 1. The van der Waals surface area contributed by atoms with Crippen LogP contribution in [0.2, 0.25) is 0 Å². The van der Waals surface area contributed by atoms with Gasteiger partial charge in [-0.05, 0) is 49.2 Å². The smallest absolute Gasteiger partial charge is 0.301 e. The highest BCUT2D eigenvalue weighted by Gasteiger charge is 2.26. The van der Waals surface area contributed by atoms with Gasteiger partial charge in [0.2, 0.25) is 0 Å². The number of nitrogens with zero attached hydrogens (tertiary/aromatic N) is 3. The Bertz CT molecular complexity index is 997. The third-order valence-electron chi connectivity index (χ3n) is 3.73. The zero-order valence-corrected chi connectivity index (χ0v) is 13.5. The SMILES string of the molecule is Cc1cc(C)cc(Nc2c([N+](=O)[O-])cc([N+](=O)[O-])c3cccnc23)c1. The number of nitrogens with one attached hydrogen (secondary N) is 1. The first-order valence-corrected chi connectivity index (χ1v) is 7.42. The molecule has 8 heteroatoms. The lowest BCUT2D eigenvalue weighted by atomic mass is 10.1. The molecule has 126 valence electrons. The summed E-state index contributed by atoms with van der Waals surface area (Å²) in [5, 5.41) is 26.0. The minimum Gasteiger partial charge on any atom is -0.348 e. The third-order valence-corrected chi connectivity index (χ3v) is 3.73. The Morgan fingerprint density at radius 2 is 1.60 bits per heavy atom. The van der Waals surface area contributed by atoms with Gasteiger partial charge in [0.05, 0.1) is 21.3 Å². The number of nitro groups is 2. The van der Waals surface area contributed by atoms with Crippen LogP contribution in [0.4, 0.5) is 22.7 Å². The van der Waals surface area contributed by atoms with E-state index in [2.05, 4.69) is 10.3 Å². The second-order valence-corrected chi connectivity index (χ2v) is 5.70. The van der Waals surface area contributed by atoms with Crippen molar-refractivity contribution < 1.29 is 9.85 Å². The average Bonchev–Trinajstić information content (AvgIpc) is 2.53. The Kier molecular flexibility index (Phi) is 4.02. The van der Waals surface area contributed by atoms with Crippen LogP contribution < -0.4 is 5.32 Å². The number of non-ortho nitro benzene ring substituents is 1. The van der Waals surface area contributed by atoms with Crippen molar-refractivity contribution in [1.29, 1.82) is 0 Å². The molecule has 1 aromatic heterocycles. The maximum absolute atomic E-state index is 11.5. The molecule has 0 saturated heterocycles. The Morgan fingerprint density at radius 1 is 0.960 bits per heavy atom. The zero-order chi connectivity index (χ0) is 18.1. The van der Waals surface area contributed by atoms with Gasteiger partial charge in [0, 0.05) is 11.9 Å². The molecular formula is C17H14N4O4. The molecule has 0 amide bonds. The lowest BCUT2D eigenvalue weighted by molar-refractivity contribution is -0.392. The van der Waals surface area contributed by atoms with E-state index in [0.717, 1.165) is 17.2 Å². The van der Waals surface area contributed by atoms with Crippen molar-refractivity contribution in [2.75, 3.05) is 5.32 Å². The topological polar surface area (TPSA) is 111 Å². The van der Waals surface area contributed by atoms with E-state index in [1.54, 1.807) is 6.07 Å². The van der Waals surface area contributed by atoms with Crippen LogP contribution in [0.3, 0.4) is 0 Å². The van der Waals surface area contributed by atoms with Gasteiger partial charge in [-0.25, -0.2) is 0 Å². The third kappa shape index (κ3) is 3.09. The summed E-state index contributed by atoms with van der Waals surface area (Å²) in [5.41, 5.74) is 2.21. The Morgan fingerprint density at radius 3 is 2.20 bits per heavy atom. The van der Waals surface area contributed by atoms with Crippen molar-refractivity contribution in [3.05, 3.63) is 74.0 Å². The maximum Gasteiger partial charge on any atom is 0.301 e. The second kappa shape index (κ2) is 6.16. The number of aromatic nitrogens is 1. The molecule has 1 heterocycles. The molecule has 0 fully saturated rings. The van der Waals surface area contributed by atoms with Gasteiger partial charge >= 0.3 is 5.69 Å². The molecule has 3 rings (SSSR count). The molecule has 0 saturated carbocycles. The van der Waals surface area contributed by atoms with Crippen molar-refractivity contribution in [3.8, 4) is 0 Å². The van der Waals surface area contributed by atoms with Crippen molar-refractivity contribution in [1.82, 2.24) is 4.98 Å². The number of benzene rings is 2. The number of fused-ring (bicyclic) bond motifs is 1. The lowest BCUT2D eigenvalue weighted by Gasteiger charge is -2.11. The van der Waals surface area contributed by atoms with E-state index in [1.807, 2.05) is 32.0 Å². The van der Waals surface area contributed by atoms with E-state index in [9.17, 15) is 20.2 Å². The van der Waals surface area contributed by atoms with Crippen LogP contribution in [-0.4, -0.2) is 14.8 Å². The molecule has 0 atom stereocenters. The highest BCUT2D eigenvalue weighted by molar-refractivity contribution is 6.02. The van der Waals surface area contributed by atoms with Crippen LogP contribution in [-0.2, 0) is 0 Å². The largest absolute Gasteiger partial charge is 0.348 e. The Hall–Kier alpha value is -3.55. The zero-order valence-electron chi connectivity index (χ0n) is 13.5. The van der Waals surface area contributed by atoms with E-state index >= 15 is 0 Å². The first-order chi connectivity index (χ1) is 11.9. The van der Waals surface area contributed by atoms with Crippen molar-refractivity contribution in [3.63, 3.8) is 0 Å². The Balaban J connectivity index is 2.29. The van der Waals surface area contributed by atoms with Gasteiger partial charge in [-0.15, -0.1) is 0 Å². The van der Waals surface area contributed by atoms with Crippen LogP contribution >= 0.6 is 0 Å². The minimum atomic E-state index is -0.647. The molecule has 0 aliphatic rings. The summed E-state index contributed by atoms with van der Waals surface area (Å²) in [5.74, 6) is 0. The summed E-state index contributed by atoms with van der Waals surface area (Å²) < 4.78 is 0. The van der Waals surface area contributed by atoms with Crippen molar-refractivity contribution >= 4 is 33.7 Å². The van der Waals surface area contributed by atoms with E-state index in [-0.39, 0.29) is 22.3 Å². The molecular weight excluding hydrogens is 324 g/mol. The van der Waals surface area contributed by atoms with Gasteiger partial charge < -0.3 is 5.32 Å². The van der Waals surface area contributed by atoms with Crippen molar-refractivity contribution in [2.45, 2.75) is 13.8 Å². The van der Waals surface area contributed by atoms with Gasteiger partial charge in [0.1, 0.15) is 11.2 Å². The second-order valence-electron chi connectivity index (χ2n) is 5.70. The van der Waals surface area contributed by atoms with Crippen molar-refractivity contribution in [2.24, 2.45) is 0 Å². The fraction of sp³-hybridized carbons (Fsp3) is 0.118. The molecule has 8 nitrogen and oxygen atoms in total. The molecule has 25 heavy (non-hydrogen) atoms. The summed E-state index contributed by atoms with van der Waals surface area (Å²) in [6.07, 6.45) is 1.45. The van der Waals surface area contributed by atoms with Crippen LogP contribution in [0.5, 0.6) is 0 Å². The van der Waals surface area contributed by atoms with Crippen LogP contribution in [0.25, 0.3) is 10.9 Å². The first-order valence-electron chi connectivity index (χ1n) is 7.42. The molecule has 0 bridgehead atoms. The fourth-order valence-electron chi connectivity index (χ4n) is 2.82. The summed E-state index contributed by atoms with van der Waals surface area (Å²) in [7, 11) is 0. The summed E-state index contributed by atoms with van der Waals surface area (Å²) in [6.45, 7) is 3.83. The molecule has 0 aliphatic carbocycles. The quantitative estimate of drug-likeness (QED) is 0.557. The summed E-state index contributed by atoms with van der Waals surface area (Å²) >= 11 is 0. The predicted molar refractivity (Wildman–Crippen MR) is 94.3 cm³/mol. The highest BCUT2D eigenvalue weighted by atomic mass is 16.6. The maximum atomic E-state index is 11.5. The summed E-state index contributed by atoms with van der Waals surface area (Å²) in [6, 6.07) is 9.71. The van der Waals surface area contributed by atoms with Gasteiger partial charge in [0.15, 0.2) is 0 Å². The number of hydrogen-bond acceptors (Lipinski definition) is 6. The average molecular weight is 338 g/mol. The molecule has 0 unspecified atom stereocenters. The van der Waals surface area contributed by atoms with E-state index in [1.165, 1.54) is 12.3 Å². The lowest BCUT2D eigenvalue weighted by Crippen LogP contribution is -2.02. The van der Waals surface area contributed by atoms with Gasteiger partial charge in [-0.3, -0.25) is 25.2 Å². The number of aryl methyl sites for hydroxylation is 2. The number of anilines is 2. The number of pyridine rings is 1. The van der Waals surface area contributed by atoms with Crippen LogP contribution in [0, 0.1) is 34.1 Å². The van der Waals surface area contributed by atoms with Gasteiger partial charge in [-0.1, -0.05) is 6.07 Å². The molecule has 1 N–H and O–H groups in total. The monoisotopic (exact) mass is 338 g/mol. The highest BCUT2D eigenvalue weighted by Crippen LogP contribution is 2.39. The molecule has 0 aliphatic heterocycles. The van der Waals surface area contributed by atoms with Crippen LogP contribution in [0.15, 0.2) is 42.6 Å². The molecule has 0 spiro atoms. The van der Waals surface area contributed by atoms with Gasteiger partial charge in [0.25, 0.3) is 5.69 Å². The number of nitro benzene ring substituents is 2. The first kappa shape index (κ1) is 16.3. The fourth-order valence-corrected chi connectivity index (χ4v) is 2.82. The van der Waals surface area contributed by atoms with E-state index in [4.69, 9.17) is 0 Å². The van der Waals surface area contributed by atoms with E-state index < -0.39 is 15.5 Å². The molecule has 3 aromatic rings. The molecule has 0 radical (unpaired) electrons. The van der Waals surface area contributed by atoms with E-state index in [0.29, 0.717) is 5.69 Å². The summed E-state index contributed by atoms with van der Waals surface area (Å²) in [4.78, 5) is 25.6. The van der Waals surface area contributed by atoms with Gasteiger partial charge in [-0.2, -0.15) is 0 Å². The standard InChI is InChI=1S/C17H14N4O4/c1-10-6-11(2)8-12(7-10)19-17-15(21(24)25)9-14(20(22)23)13-4-3-5-18-16(13)17/h3-9,19H,1-2H3. The normalized spacial score (nSPS) is 10.6. The number of rotatable bonds is 4. The minimum absolute atomic E-state index is 0.135. The predicted octanol–water partition coefficient (Wildman–Crippen LogP) is 4.41.